The van der Waals surface area contributed by atoms with Gasteiger partial charge < -0.3 is 17.7 Å². The highest BCUT2D eigenvalue weighted by molar-refractivity contribution is 6.57. The van der Waals surface area contributed by atoms with Crippen molar-refractivity contribution in [2.24, 2.45) is 0 Å². The molecule has 1 saturated heterocycles. The maximum Gasteiger partial charge on any atom is 0.482 e. The van der Waals surface area contributed by atoms with Gasteiger partial charge in [-0.3, -0.25) is 4.98 Å². The van der Waals surface area contributed by atoms with Gasteiger partial charge in [-0.1, -0.05) is 11.9 Å². The van der Waals surface area contributed by atoms with Crippen molar-refractivity contribution in [2.45, 2.75) is 12.2 Å². The molecule has 0 aliphatic carbocycles. The highest BCUT2D eigenvalue weighted by Gasteiger charge is 2.25. The molecule has 0 bridgehead atoms. The lowest BCUT2D eigenvalue weighted by atomic mass is 9.81. The maximum absolute atomic E-state index is 12.2. The van der Waals surface area contributed by atoms with E-state index in [0.29, 0.717) is 24.5 Å². The number of hydrogen-bond acceptors (Lipinski definition) is 2. The summed E-state index contributed by atoms with van der Waals surface area (Å²) in [6.45, 7) is -3.64. The summed E-state index contributed by atoms with van der Waals surface area (Å²) in [6, 6.07) is 2.95. The van der Waals surface area contributed by atoms with Gasteiger partial charge in [0.25, 0.3) is 0 Å². The molecule has 6 heteroatoms. The van der Waals surface area contributed by atoms with Gasteiger partial charge >= 0.3 is 6.98 Å². The minimum absolute atomic E-state index is 0.172. The van der Waals surface area contributed by atoms with E-state index in [1.807, 2.05) is 0 Å². The van der Waals surface area contributed by atoms with Gasteiger partial charge in [0.1, 0.15) is 0 Å². The quantitative estimate of drug-likeness (QED) is 0.722. The second-order valence-corrected chi connectivity index (χ2v) is 3.74. The highest BCUT2D eigenvalue weighted by Crippen LogP contribution is 2.24. The fraction of sp³-hybridized carbons (Fsp3) is 0.444. The lowest BCUT2D eigenvalue weighted by Crippen LogP contribution is -2.26. The molecule has 1 aliphatic rings. The molecule has 0 aromatic carbocycles. The second-order valence-electron chi connectivity index (χ2n) is 3.74. The zero-order valence-corrected chi connectivity index (χ0v) is 8.00. The van der Waals surface area contributed by atoms with Gasteiger partial charge in [0.15, 0.2) is 0 Å². The van der Waals surface area contributed by atoms with Crippen LogP contribution in [0.4, 0.5) is 12.9 Å². The number of ether oxygens (including phenoxy) is 1. The Morgan fingerprint density at radius 1 is 1.40 bits per heavy atom. The third-order valence-electron chi connectivity index (χ3n) is 2.37. The first kappa shape index (κ1) is 10.5. The summed E-state index contributed by atoms with van der Waals surface area (Å²) < 4.78 is 41.5. The van der Waals surface area contributed by atoms with E-state index in [9.17, 15) is 12.9 Å². The average molecular weight is 216 g/mol. The van der Waals surface area contributed by atoms with E-state index in [1.165, 1.54) is 18.3 Å². The molecule has 82 valence electrons. The molecule has 0 unspecified atom stereocenters. The van der Waals surface area contributed by atoms with Gasteiger partial charge in [0, 0.05) is 17.8 Å². The highest BCUT2D eigenvalue weighted by atomic mass is 19.4. The third-order valence-corrected chi connectivity index (χ3v) is 2.37. The second kappa shape index (κ2) is 3.85. The average Bonchev–Trinajstić information content (AvgIpc) is 1.97. The predicted molar refractivity (Wildman–Crippen MR) is 50.6 cm³/mol. The fourth-order valence-corrected chi connectivity index (χ4v) is 1.52. The van der Waals surface area contributed by atoms with E-state index in [4.69, 9.17) is 4.74 Å². The summed E-state index contributed by atoms with van der Waals surface area (Å²) in [5, 5.41) is 0. The minimum Gasteiger partial charge on any atom is -0.449 e. The summed E-state index contributed by atoms with van der Waals surface area (Å²) in [6.07, 6.45) is 0.605. The van der Waals surface area contributed by atoms with Crippen molar-refractivity contribution in [3.63, 3.8) is 0 Å². The Hall–Kier alpha value is -1.04. The third kappa shape index (κ3) is 2.71. The molecule has 1 fully saturated rings. The number of pyridine rings is 1. The van der Waals surface area contributed by atoms with Crippen LogP contribution in [0.1, 0.15) is 17.2 Å². The van der Waals surface area contributed by atoms with Gasteiger partial charge in [-0.15, -0.1) is 0 Å². The molecule has 1 aromatic heterocycles. The summed E-state index contributed by atoms with van der Waals surface area (Å²) in [4.78, 5) is 4.05. The molecule has 1 aliphatic heterocycles. The van der Waals surface area contributed by atoms with Crippen molar-refractivity contribution in [1.29, 1.82) is 0 Å². The summed E-state index contributed by atoms with van der Waals surface area (Å²) in [5.74, 6) is 0.172. The standard InChI is InChI=1S/C9H10BF3NO/c11-10(12,13)4-7-1-2-14-9(3-7)8-5-15-6-8/h1-3,8H,4-6H2/q-1. The van der Waals surface area contributed by atoms with Crippen LogP contribution < -0.4 is 0 Å². The number of nitrogens with zero attached hydrogens (tertiary/aromatic N) is 1. The van der Waals surface area contributed by atoms with Crippen LogP contribution >= 0.6 is 0 Å². The van der Waals surface area contributed by atoms with Crippen LogP contribution in [0.5, 0.6) is 0 Å². The first-order valence-electron chi connectivity index (χ1n) is 4.78. The summed E-state index contributed by atoms with van der Waals surface area (Å²) in [5.41, 5.74) is 0.998. The summed E-state index contributed by atoms with van der Waals surface area (Å²) >= 11 is 0. The minimum atomic E-state index is -4.77. The zero-order valence-electron chi connectivity index (χ0n) is 8.00. The topological polar surface area (TPSA) is 22.1 Å². The smallest absolute Gasteiger partial charge is 0.449 e. The van der Waals surface area contributed by atoms with Crippen molar-refractivity contribution in [3.05, 3.63) is 29.6 Å². The molecule has 2 heterocycles. The molecule has 0 amide bonds. The molecule has 0 atom stereocenters. The number of halogens is 3. The number of aromatic nitrogens is 1. The molecule has 2 rings (SSSR count). The van der Waals surface area contributed by atoms with E-state index in [1.54, 1.807) is 0 Å². The van der Waals surface area contributed by atoms with Crippen molar-refractivity contribution < 1.29 is 17.7 Å². The van der Waals surface area contributed by atoms with Crippen LogP contribution in [0.2, 0.25) is 0 Å². The Balaban J connectivity index is 2.11. The van der Waals surface area contributed by atoms with E-state index >= 15 is 0 Å². The number of rotatable bonds is 3. The molecule has 0 radical (unpaired) electrons. The molecule has 0 spiro atoms. The molecule has 1 aromatic rings. The van der Waals surface area contributed by atoms with E-state index in [-0.39, 0.29) is 5.92 Å². The van der Waals surface area contributed by atoms with Gasteiger partial charge in [0.2, 0.25) is 0 Å². The van der Waals surface area contributed by atoms with Crippen molar-refractivity contribution in [1.82, 2.24) is 4.98 Å². The van der Waals surface area contributed by atoms with E-state index < -0.39 is 13.3 Å². The predicted octanol–water partition coefficient (Wildman–Crippen LogP) is 2.12. The monoisotopic (exact) mass is 216 g/mol. The van der Waals surface area contributed by atoms with Crippen molar-refractivity contribution in [3.8, 4) is 0 Å². The Morgan fingerprint density at radius 2 is 2.13 bits per heavy atom. The van der Waals surface area contributed by atoms with Gasteiger partial charge in [-0.25, -0.2) is 0 Å². The van der Waals surface area contributed by atoms with Crippen LogP contribution in [-0.2, 0) is 11.1 Å². The fourth-order valence-electron chi connectivity index (χ4n) is 1.52. The molecule has 15 heavy (non-hydrogen) atoms. The van der Waals surface area contributed by atoms with Crippen LogP contribution in [0.3, 0.4) is 0 Å². The molecular weight excluding hydrogens is 206 g/mol. The largest absolute Gasteiger partial charge is 0.482 e. The molecule has 2 nitrogen and oxygen atoms in total. The van der Waals surface area contributed by atoms with Crippen LogP contribution in [0.15, 0.2) is 18.3 Å². The lowest BCUT2D eigenvalue weighted by Gasteiger charge is -2.26. The molecule has 0 N–H and O–H groups in total. The van der Waals surface area contributed by atoms with Crippen LogP contribution in [0.25, 0.3) is 0 Å². The van der Waals surface area contributed by atoms with Gasteiger partial charge in [-0.05, 0) is 12.1 Å². The van der Waals surface area contributed by atoms with Crippen LogP contribution in [0, 0.1) is 0 Å². The van der Waals surface area contributed by atoms with E-state index in [0.717, 1.165) is 0 Å². The lowest BCUT2D eigenvalue weighted by molar-refractivity contribution is 0.00669. The normalized spacial score (nSPS) is 17.5. The SMILES string of the molecule is F[B-](F)(F)Cc1ccnc(C2COC2)c1. The molecule has 0 saturated carbocycles. The van der Waals surface area contributed by atoms with Gasteiger partial charge in [0.05, 0.1) is 13.2 Å². The Labute approximate surface area is 85.5 Å². The maximum atomic E-state index is 12.2. The van der Waals surface area contributed by atoms with Gasteiger partial charge in [-0.2, -0.15) is 0 Å². The Morgan fingerprint density at radius 3 is 2.67 bits per heavy atom. The Kier molecular flexibility index (Phi) is 2.69. The zero-order chi connectivity index (χ0) is 10.9. The van der Waals surface area contributed by atoms with Crippen LogP contribution in [-0.4, -0.2) is 25.2 Å². The van der Waals surface area contributed by atoms with E-state index in [2.05, 4.69) is 4.98 Å². The number of hydrogen-bond donors (Lipinski definition) is 0. The first-order valence-corrected chi connectivity index (χ1v) is 4.78. The molecular formula is C9H10BF3NO-. The first-order chi connectivity index (χ1) is 7.04. The van der Waals surface area contributed by atoms with Crippen molar-refractivity contribution >= 4 is 6.98 Å². The summed E-state index contributed by atoms with van der Waals surface area (Å²) in [7, 11) is 0. The Bertz CT molecular complexity index is 351. The van der Waals surface area contributed by atoms with Crippen molar-refractivity contribution in [2.75, 3.05) is 13.2 Å².